The van der Waals surface area contributed by atoms with Crippen LogP contribution in [0, 0.1) is 0 Å². The van der Waals surface area contributed by atoms with Gasteiger partial charge in [0.25, 0.3) is 5.56 Å². The van der Waals surface area contributed by atoms with Gasteiger partial charge in [-0.2, -0.15) is 0 Å². The molecule has 0 radical (unpaired) electrons. The number of rotatable bonds is 3. The van der Waals surface area contributed by atoms with Gasteiger partial charge >= 0.3 is 17.5 Å². The van der Waals surface area contributed by atoms with E-state index in [2.05, 4.69) is 10.3 Å². The van der Waals surface area contributed by atoms with Gasteiger partial charge in [0.1, 0.15) is 5.69 Å². The van der Waals surface area contributed by atoms with Gasteiger partial charge in [0, 0.05) is 12.7 Å². The van der Waals surface area contributed by atoms with Gasteiger partial charge in [-0.15, -0.1) is 0 Å². The Bertz CT molecular complexity index is 559. The minimum absolute atomic E-state index is 0.0891. The van der Waals surface area contributed by atoms with Crippen LogP contribution in [0.1, 0.15) is 6.92 Å². The van der Waals surface area contributed by atoms with E-state index in [4.69, 9.17) is 5.11 Å². The number of aromatic nitrogens is 2. The number of aliphatic hydroxyl groups excluding tert-OH is 1. The molecule has 9 heteroatoms. The lowest BCUT2D eigenvalue weighted by Gasteiger charge is -2.06. The van der Waals surface area contributed by atoms with Crippen molar-refractivity contribution in [2.45, 2.75) is 13.0 Å². The summed E-state index contributed by atoms with van der Waals surface area (Å²) in [4.78, 5) is 48.5. The number of aliphatic hydroxyl groups is 1. The minimum atomic E-state index is -1.08. The molecule has 0 aliphatic rings. The van der Waals surface area contributed by atoms with Crippen molar-refractivity contribution in [1.29, 1.82) is 0 Å². The Morgan fingerprint density at radius 1 is 1.39 bits per heavy atom. The highest BCUT2D eigenvalue weighted by Gasteiger charge is 2.15. The maximum atomic E-state index is 11.3. The fraction of sp³-hybridized carbons (Fsp3) is 0.333. The molecule has 0 aromatic carbocycles. The SMILES string of the molecule is CC(O)CNC(=O)C(=O)Nc1c[nH]c(=O)[nH]c1=O. The smallest absolute Gasteiger partial charge is 0.325 e. The van der Waals surface area contributed by atoms with Crippen LogP contribution in [0.25, 0.3) is 0 Å². The summed E-state index contributed by atoms with van der Waals surface area (Å²) in [5.41, 5.74) is -1.81. The van der Waals surface area contributed by atoms with Crippen LogP contribution in [0.4, 0.5) is 5.69 Å². The van der Waals surface area contributed by atoms with Gasteiger partial charge in [-0.1, -0.05) is 0 Å². The first-order valence-corrected chi connectivity index (χ1v) is 4.99. The molecule has 0 aliphatic heterocycles. The Morgan fingerprint density at radius 2 is 2.06 bits per heavy atom. The van der Waals surface area contributed by atoms with Crippen molar-refractivity contribution < 1.29 is 14.7 Å². The second-order valence-electron chi connectivity index (χ2n) is 3.50. The quantitative estimate of drug-likeness (QED) is 0.380. The Kier molecular flexibility index (Phi) is 4.38. The number of carbonyl (C=O) groups excluding carboxylic acids is 2. The van der Waals surface area contributed by atoms with Crippen molar-refractivity contribution in [2.24, 2.45) is 0 Å². The number of hydrogen-bond acceptors (Lipinski definition) is 5. The Hall–Kier alpha value is -2.42. The first-order chi connectivity index (χ1) is 8.40. The normalized spacial score (nSPS) is 11.7. The van der Waals surface area contributed by atoms with Gasteiger partial charge in [-0.3, -0.25) is 19.4 Å². The highest BCUT2D eigenvalue weighted by Crippen LogP contribution is 1.91. The van der Waals surface area contributed by atoms with E-state index in [1.807, 2.05) is 10.3 Å². The van der Waals surface area contributed by atoms with Gasteiger partial charge in [-0.05, 0) is 6.92 Å². The van der Waals surface area contributed by atoms with E-state index >= 15 is 0 Å². The molecule has 1 heterocycles. The summed E-state index contributed by atoms with van der Waals surface area (Å²) in [7, 11) is 0. The van der Waals surface area contributed by atoms with E-state index in [0.29, 0.717) is 0 Å². The first-order valence-electron chi connectivity index (χ1n) is 4.99. The maximum absolute atomic E-state index is 11.3. The lowest BCUT2D eigenvalue weighted by Crippen LogP contribution is -2.40. The molecule has 1 atom stereocenters. The Balaban J connectivity index is 2.67. The third-order valence-electron chi connectivity index (χ3n) is 1.83. The lowest BCUT2D eigenvalue weighted by molar-refractivity contribution is -0.136. The van der Waals surface area contributed by atoms with Gasteiger partial charge in [0.05, 0.1) is 6.10 Å². The number of amides is 2. The van der Waals surface area contributed by atoms with E-state index in [1.165, 1.54) is 6.92 Å². The van der Waals surface area contributed by atoms with Crippen molar-refractivity contribution in [1.82, 2.24) is 15.3 Å². The summed E-state index contributed by atoms with van der Waals surface area (Å²) in [6.07, 6.45) is 0.180. The average molecular weight is 256 g/mol. The van der Waals surface area contributed by atoms with Crippen molar-refractivity contribution in [3.8, 4) is 0 Å². The standard InChI is InChI=1S/C9H12N4O5/c1-4(14)2-10-7(16)8(17)12-5-3-11-9(18)13-6(5)15/h3-4,14H,2H2,1H3,(H,10,16)(H,12,17)(H2,11,13,15,18). The molecule has 0 saturated heterocycles. The molecular formula is C9H12N4O5. The molecule has 9 nitrogen and oxygen atoms in total. The lowest BCUT2D eigenvalue weighted by atomic mass is 10.4. The van der Waals surface area contributed by atoms with Crippen LogP contribution in [0.3, 0.4) is 0 Å². The summed E-state index contributed by atoms with van der Waals surface area (Å²) in [5, 5.41) is 13.1. The van der Waals surface area contributed by atoms with Crippen LogP contribution >= 0.6 is 0 Å². The monoisotopic (exact) mass is 256 g/mol. The maximum Gasteiger partial charge on any atom is 0.325 e. The van der Waals surface area contributed by atoms with Crippen molar-refractivity contribution in [2.75, 3.05) is 11.9 Å². The Labute approximate surface area is 100 Å². The molecule has 0 fully saturated rings. The van der Waals surface area contributed by atoms with E-state index in [-0.39, 0.29) is 12.2 Å². The summed E-state index contributed by atoms with van der Waals surface area (Å²) >= 11 is 0. The third-order valence-corrected chi connectivity index (χ3v) is 1.83. The van der Waals surface area contributed by atoms with Crippen LogP contribution < -0.4 is 21.9 Å². The van der Waals surface area contributed by atoms with Crippen molar-refractivity contribution in [3.05, 3.63) is 27.0 Å². The molecule has 5 N–H and O–H groups in total. The number of anilines is 1. The first kappa shape index (κ1) is 13.6. The predicted molar refractivity (Wildman–Crippen MR) is 61.0 cm³/mol. The van der Waals surface area contributed by atoms with Crippen LogP contribution in [-0.2, 0) is 9.59 Å². The fourth-order valence-corrected chi connectivity index (χ4v) is 1.00. The van der Waals surface area contributed by atoms with E-state index in [9.17, 15) is 19.2 Å². The van der Waals surface area contributed by atoms with E-state index < -0.39 is 29.2 Å². The summed E-state index contributed by atoms with van der Waals surface area (Å²) < 4.78 is 0. The van der Waals surface area contributed by atoms with Gasteiger partial charge in [0.2, 0.25) is 0 Å². The fourth-order valence-electron chi connectivity index (χ4n) is 1.00. The topological polar surface area (TPSA) is 144 Å². The molecule has 1 aromatic heterocycles. The number of carbonyl (C=O) groups is 2. The summed E-state index contributed by atoms with van der Waals surface area (Å²) in [6, 6.07) is 0. The number of aromatic amines is 2. The van der Waals surface area contributed by atoms with Crippen molar-refractivity contribution in [3.63, 3.8) is 0 Å². The average Bonchev–Trinajstić information content (AvgIpc) is 2.29. The zero-order valence-corrected chi connectivity index (χ0v) is 9.44. The molecule has 0 saturated carbocycles. The molecule has 18 heavy (non-hydrogen) atoms. The second-order valence-corrected chi connectivity index (χ2v) is 3.50. The largest absolute Gasteiger partial charge is 0.392 e. The molecule has 0 aliphatic carbocycles. The molecule has 98 valence electrons. The molecule has 1 unspecified atom stereocenters. The number of H-pyrrole nitrogens is 2. The minimum Gasteiger partial charge on any atom is -0.392 e. The molecule has 0 bridgehead atoms. The van der Waals surface area contributed by atoms with Crippen LogP contribution in [-0.4, -0.2) is 39.5 Å². The molecular weight excluding hydrogens is 244 g/mol. The summed E-state index contributed by atoms with van der Waals surface area (Å²) in [6.45, 7) is 1.35. The van der Waals surface area contributed by atoms with Gasteiger partial charge < -0.3 is 20.7 Å². The Morgan fingerprint density at radius 3 is 2.61 bits per heavy atom. The van der Waals surface area contributed by atoms with Gasteiger partial charge in [0.15, 0.2) is 0 Å². The van der Waals surface area contributed by atoms with E-state index in [1.54, 1.807) is 0 Å². The molecule has 1 rings (SSSR count). The highest BCUT2D eigenvalue weighted by molar-refractivity contribution is 6.39. The number of hydrogen-bond donors (Lipinski definition) is 5. The summed E-state index contributed by atoms with van der Waals surface area (Å²) in [5.74, 6) is -2.07. The third kappa shape index (κ3) is 3.87. The highest BCUT2D eigenvalue weighted by atomic mass is 16.3. The molecule has 2 amide bonds. The van der Waals surface area contributed by atoms with Crippen molar-refractivity contribution >= 4 is 17.5 Å². The predicted octanol–water partition coefficient (Wildman–Crippen LogP) is -2.50. The second kappa shape index (κ2) is 5.77. The number of nitrogens with one attached hydrogen (secondary N) is 4. The van der Waals surface area contributed by atoms with Crippen LogP contribution in [0.5, 0.6) is 0 Å². The molecule has 0 spiro atoms. The zero-order chi connectivity index (χ0) is 13.7. The molecule has 1 aromatic rings. The van der Waals surface area contributed by atoms with Gasteiger partial charge in [-0.25, -0.2) is 4.79 Å². The zero-order valence-electron chi connectivity index (χ0n) is 9.44. The van der Waals surface area contributed by atoms with Crippen LogP contribution in [0.15, 0.2) is 15.8 Å². The van der Waals surface area contributed by atoms with E-state index in [0.717, 1.165) is 6.20 Å². The van der Waals surface area contributed by atoms with Crippen LogP contribution in [0.2, 0.25) is 0 Å².